The lowest BCUT2D eigenvalue weighted by Crippen LogP contribution is -2.33. The summed E-state index contributed by atoms with van der Waals surface area (Å²) in [7, 11) is 1.53. The van der Waals surface area contributed by atoms with Crippen molar-refractivity contribution in [2.45, 2.75) is 26.4 Å². The molecule has 9 nitrogen and oxygen atoms in total. The summed E-state index contributed by atoms with van der Waals surface area (Å²) >= 11 is 0. The van der Waals surface area contributed by atoms with E-state index >= 15 is 0 Å². The van der Waals surface area contributed by atoms with Crippen LogP contribution in [0.15, 0.2) is 23.0 Å². The number of methoxy groups -OCH3 is 1. The number of rotatable bonds is 3. The second-order valence-electron chi connectivity index (χ2n) is 6.73. The van der Waals surface area contributed by atoms with Gasteiger partial charge in [-0.05, 0) is 26.0 Å². The number of nitrogens with zero attached hydrogens (tertiary/aromatic N) is 6. The number of fused-ring (bicyclic) bond motifs is 3. The third-order valence-electron chi connectivity index (χ3n) is 4.77. The van der Waals surface area contributed by atoms with E-state index in [4.69, 9.17) is 9.26 Å². The molecule has 0 amide bonds. The summed E-state index contributed by atoms with van der Waals surface area (Å²) < 4.78 is 26.8. The lowest BCUT2D eigenvalue weighted by Gasteiger charge is -2.17. The number of halogens is 1. The quantitative estimate of drug-likeness (QED) is 0.394. The number of hydrogen-bond acceptors (Lipinski definition) is 7. The predicted octanol–water partition coefficient (Wildman–Crippen LogP) is 2.37. The van der Waals surface area contributed by atoms with Gasteiger partial charge in [0.25, 0.3) is 11.4 Å². The molecule has 3 heterocycles. The van der Waals surface area contributed by atoms with Gasteiger partial charge in [0, 0.05) is 14.0 Å². The Bertz CT molecular complexity index is 1280. The average molecular weight is 382 g/mol. The molecule has 3 aromatic heterocycles. The summed E-state index contributed by atoms with van der Waals surface area (Å²) in [5.41, 5.74) is 0.118. The van der Waals surface area contributed by atoms with Gasteiger partial charge in [0.1, 0.15) is 34.8 Å². The van der Waals surface area contributed by atoms with E-state index in [0.29, 0.717) is 27.3 Å². The zero-order chi connectivity index (χ0) is 20.2. The Morgan fingerprint density at radius 3 is 2.82 bits per heavy atom. The molecule has 0 atom stereocenters. The number of hydrogen-bond donors (Lipinski definition) is 0. The lowest BCUT2D eigenvalue weighted by atomic mass is 10.1. The van der Waals surface area contributed by atoms with E-state index in [-0.39, 0.29) is 22.7 Å². The summed E-state index contributed by atoms with van der Waals surface area (Å²) in [6, 6.07) is 4.31. The molecule has 0 spiro atoms. The highest BCUT2D eigenvalue weighted by atomic mass is 19.1. The van der Waals surface area contributed by atoms with E-state index in [0.717, 1.165) is 6.07 Å². The highest BCUT2D eigenvalue weighted by Crippen LogP contribution is 2.29. The van der Waals surface area contributed by atoms with Crippen LogP contribution in [0.3, 0.4) is 0 Å². The summed E-state index contributed by atoms with van der Waals surface area (Å²) in [6.45, 7) is 5.12. The van der Waals surface area contributed by atoms with Gasteiger partial charge in [0.05, 0.1) is 0 Å². The topological polar surface area (TPSA) is 116 Å². The van der Waals surface area contributed by atoms with Crippen molar-refractivity contribution in [1.29, 1.82) is 5.26 Å². The van der Waals surface area contributed by atoms with Crippen LogP contribution in [-0.2, 0) is 10.3 Å². The SMILES string of the molecule is COC(C)(C)c1noc(-c2ncn3c2c(C)[n+]([O-])c2c(C#N)c(F)ccc23)n1. The summed E-state index contributed by atoms with van der Waals surface area (Å²) in [4.78, 5) is 8.66. The molecule has 0 unspecified atom stereocenters. The Kier molecular flexibility index (Phi) is 3.80. The van der Waals surface area contributed by atoms with Crippen LogP contribution in [0.4, 0.5) is 4.39 Å². The van der Waals surface area contributed by atoms with Gasteiger partial charge in [0.15, 0.2) is 11.3 Å². The van der Waals surface area contributed by atoms with Crippen molar-refractivity contribution in [3.63, 3.8) is 0 Å². The van der Waals surface area contributed by atoms with E-state index in [9.17, 15) is 14.9 Å². The first-order chi connectivity index (χ1) is 13.3. The van der Waals surface area contributed by atoms with Crippen molar-refractivity contribution in [2.24, 2.45) is 0 Å². The zero-order valence-corrected chi connectivity index (χ0v) is 15.5. The number of benzene rings is 1. The third-order valence-corrected chi connectivity index (χ3v) is 4.77. The molecule has 0 aliphatic carbocycles. The molecule has 0 saturated heterocycles. The number of aryl methyl sites for hydroxylation is 1. The maximum atomic E-state index is 14.0. The van der Waals surface area contributed by atoms with Crippen LogP contribution in [0.1, 0.15) is 30.9 Å². The molecule has 0 N–H and O–H groups in total. The first-order valence-corrected chi connectivity index (χ1v) is 8.31. The fourth-order valence-corrected chi connectivity index (χ4v) is 3.01. The van der Waals surface area contributed by atoms with Gasteiger partial charge in [-0.15, -0.1) is 0 Å². The van der Waals surface area contributed by atoms with Gasteiger partial charge in [0.2, 0.25) is 11.5 Å². The highest BCUT2D eigenvalue weighted by Gasteiger charge is 2.30. The van der Waals surface area contributed by atoms with Crippen LogP contribution in [0.2, 0.25) is 0 Å². The molecular formula is C18H15FN6O3. The van der Waals surface area contributed by atoms with Gasteiger partial charge in [-0.1, -0.05) is 5.16 Å². The summed E-state index contributed by atoms with van der Waals surface area (Å²) in [5, 5.41) is 26.1. The van der Waals surface area contributed by atoms with E-state index < -0.39 is 11.4 Å². The molecule has 4 aromatic rings. The maximum Gasteiger partial charge on any atom is 0.279 e. The van der Waals surface area contributed by atoms with E-state index in [2.05, 4.69) is 15.1 Å². The number of nitriles is 1. The molecule has 1 aromatic carbocycles. The minimum Gasteiger partial charge on any atom is -0.618 e. The first-order valence-electron chi connectivity index (χ1n) is 8.31. The van der Waals surface area contributed by atoms with Crippen molar-refractivity contribution in [2.75, 3.05) is 7.11 Å². The van der Waals surface area contributed by atoms with Crippen molar-refractivity contribution < 1.29 is 18.4 Å². The molecule has 28 heavy (non-hydrogen) atoms. The molecule has 0 aliphatic heterocycles. The molecule has 0 radical (unpaired) electrons. The van der Waals surface area contributed by atoms with Crippen LogP contribution >= 0.6 is 0 Å². The monoisotopic (exact) mass is 382 g/mol. The Labute approximate surface area is 158 Å². The van der Waals surface area contributed by atoms with Gasteiger partial charge < -0.3 is 14.5 Å². The maximum absolute atomic E-state index is 14.0. The molecule has 10 heteroatoms. The van der Waals surface area contributed by atoms with Crippen molar-refractivity contribution >= 4 is 16.6 Å². The van der Waals surface area contributed by atoms with Crippen LogP contribution in [0.25, 0.3) is 28.1 Å². The molecule has 4 rings (SSSR count). The minimum atomic E-state index is -0.767. The smallest absolute Gasteiger partial charge is 0.279 e. The summed E-state index contributed by atoms with van der Waals surface area (Å²) in [5.74, 6) is -0.317. The molecule has 0 saturated carbocycles. The van der Waals surface area contributed by atoms with Gasteiger partial charge in [-0.2, -0.15) is 15.0 Å². The third kappa shape index (κ3) is 2.33. The van der Waals surface area contributed by atoms with Crippen LogP contribution < -0.4 is 4.73 Å². The fourth-order valence-electron chi connectivity index (χ4n) is 3.01. The van der Waals surface area contributed by atoms with Crippen molar-refractivity contribution in [1.82, 2.24) is 19.5 Å². The van der Waals surface area contributed by atoms with Crippen LogP contribution in [0, 0.1) is 29.3 Å². The molecule has 0 bridgehead atoms. The summed E-state index contributed by atoms with van der Waals surface area (Å²) in [6.07, 6.45) is 1.46. The number of imidazole rings is 1. The van der Waals surface area contributed by atoms with E-state index in [1.54, 1.807) is 31.2 Å². The van der Waals surface area contributed by atoms with E-state index in [1.807, 2.05) is 0 Å². The lowest BCUT2D eigenvalue weighted by molar-refractivity contribution is -0.583. The van der Waals surface area contributed by atoms with Gasteiger partial charge in [-0.25, -0.2) is 9.37 Å². The normalized spacial score (nSPS) is 12.0. The Balaban J connectivity index is 2.03. The second kappa shape index (κ2) is 5.97. The van der Waals surface area contributed by atoms with Gasteiger partial charge in [-0.3, -0.25) is 4.40 Å². The fraction of sp³-hybridized carbons (Fsp3) is 0.278. The average Bonchev–Trinajstić information content (AvgIpc) is 3.33. The number of aromatic nitrogens is 5. The van der Waals surface area contributed by atoms with Gasteiger partial charge >= 0.3 is 0 Å². The molecular weight excluding hydrogens is 367 g/mol. The highest BCUT2D eigenvalue weighted by molar-refractivity contribution is 5.85. The second-order valence-corrected chi connectivity index (χ2v) is 6.73. The minimum absolute atomic E-state index is 0.0665. The van der Waals surface area contributed by atoms with Crippen molar-refractivity contribution in [3.8, 4) is 17.7 Å². The van der Waals surface area contributed by atoms with E-state index in [1.165, 1.54) is 19.5 Å². The molecule has 0 fully saturated rings. The Morgan fingerprint density at radius 1 is 1.39 bits per heavy atom. The first kappa shape index (κ1) is 17.8. The Hall–Kier alpha value is -3.58. The van der Waals surface area contributed by atoms with Crippen LogP contribution in [-0.4, -0.2) is 26.6 Å². The number of ether oxygens (including phenoxy) is 1. The Morgan fingerprint density at radius 2 is 2.14 bits per heavy atom. The largest absolute Gasteiger partial charge is 0.618 e. The molecule has 142 valence electrons. The van der Waals surface area contributed by atoms with Crippen LogP contribution in [0.5, 0.6) is 0 Å². The van der Waals surface area contributed by atoms with Crippen molar-refractivity contribution in [3.05, 3.63) is 46.6 Å². The predicted molar refractivity (Wildman–Crippen MR) is 94.4 cm³/mol. The molecule has 0 aliphatic rings. The standard InChI is InChI=1S/C18H15FN6O3/c1-9-14-13(16-22-17(23-28-16)18(2,3)27-4)21-8-24(14)12-6-5-11(19)10(7-20)15(12)25(9)26/h5-6,8H,1-4H3. The zero-order valence-electron chi connectivity index (χ0n) is 15.5.